The van der Waals surface area contributed by atoms with Crippen LogP contribution < -0.4 is 0 Å². The minimum absolute atomic E-state index is 0.184. The van der Waals surface area contributed by atoms with Crippen molar-refractivity contribution in [3.05, 3.63) is 70.8 Å². The number of rotatable bonds is 5. The van der Waals surface area contributed by atoms with Crippen LogP contribution in [0.1, 0.15) is 39.9 Å². The molecule has 0 radical (unpaired) electrons. The second-order valence-electron chi connectivity index (χ2n) is 7.09. The fraction of sp³-hybridized carbons (Fsp3) is 0.364. The predicted molar refractivity (Wildman–Crippen MR) is 101 cm³/mol. The highest BCUT2D eigenvalue weighted by molar-refractivity contribution is 5.89. The van der Waals surface area contributed by atoms with E-state index >= 15 is 0 Å². The second kappa shape index (κ2) is 8.17. The maximum atomic E-state index is 12.6. The van der Waals surface area contributed by atoms with Crippen LogP contribution in [-0.4, -0.2) is 35.0 Å². The number of benzene rings is 2. The highest BCUT2D eigenvalue weighted by atomic mass is 16.4. The van der Waals surface area contributed by atoms with Gasteiger partial charge in [0.1, 0.15) is 0 Å². The lowest BCUT2D eigenvalue weighted by atomic mass is 9.88. The van der Waals surface area contributed by atoms with Crippen LogP contribution in [0.25, 0.3) is 0 Å². The Bertz CT molecular complexity index is 791. The van der Waals surface area contributed by atoms with Crippen molar-refractivity contribution in [2.75, 3.05) is 13.1 Å². The molecule has 1 saturated heterocycles. The Balaban J connectivity index is 1.55. The van der Waals surface area contributed by atoms with Gasteiger partial charge in [-0.25, -0.2) is 4.79 Å². The summed E-state index contributed by atoms with van der Waals surface area (Å²) in [7, 11) is 0. The lowest BCUT2D eigenvalue weighted by Gasteiger charge is -2.32. The molecule has 1 N–H and O–H groups in total. The maximum Gasteiger partial charge on any atom is 0.335 e. The molecule has 0 atom stereocenters. The Labute approximate surface area is 154 Å². The molecule has 0 bridgehead atoms. The Morgan fingerprint density at radius 2 is 1.62 bits per heavy atom. The third-order valence-corrected chi connectivity index (χ3v) is 5.33. The predicted octanol–water partition coefficient (Wildman–Crippen LogP) is 3.72. The molecular weight excluding hydrogens is 326 g/mol. The molecule has 3 rings (SSSR count). The van der Waals surface area contributed by atoms with Crippen LogP contribution in [0.15, 0.2) is 48.5 Å². The number of carbonyl (C=O) groups is 2. The number of aromatic carboxylic acids is 1. The average Bonchev–Trinajstić information content (AvgIpc) is 2.64. The number of carboxylic acids is 1. The van der Waals surface area contributed by atoms with Crippen molar-refractivity contribution >= 4 is 11.9 Å². The quantitative estimate of drug-likeness (QED) is 0.893. The normalized spacial score (nSPS) is 15.0. The van der Waals surface area contributed by atoms with Crippen LogP contribution in [0.5, 0.6) is 0 Å². The van der Waals surface area contributed by atoms with Crippen LogP contribution in [0, 0.1) is 12.8 Å². The minimum Gasteiger partial charge on any atom is -0.478 e. The molecule has 2 aromatic rings. The van der Waals surface area contributed by atoms with Crippen LogP contribution in [0.2, 0.25) is 0 Å². The maximum absolute atomic E-state index is 12.6. The van der Waals surface area contributed by atoms with Crippen molar-refractivity contribution in [3.8, 4) is 0 Å². The van der Waals surface area contributed by atoms with Crippen LogP contribution in [-0.2, 0) is 17.6 Å². The van der Waals surface area contributed by atoms with E-state index in [0.29, 0.717) is 17.9 Å². The zero-order chi connectivity index (χ0) is 18.5. The molecule has 1 aliphatic heterocycles. The van der Waals surface area contributed by atoms with E-state index in [1.165, 1.54) is 0 Å². The Morgan fingerprint density at radius 1 is 1.00 bits per heavy atom. The van der Waals surface area contributed by atoms with E-state index in [4.69, 9.17) is 0 Å². The van der Waals surface area contributed by atoms with E-state index in [1.54, 1.807) is 12.1 Å². The summed E-state index contributed by atoms with van der Waals surface area (Å²) in [4.78, 5) is 25.9. The fourth-order valence-corrected chi connectivity index (χ4v) is 3.69. The molecule has 1 heterocycles. The van der Waals surface area contributed by atoms with Gasteiger partial charge in [-0.1, -0.05) is 42.5 Å². The van der Waals surface area contributed by atoms with Crippen LogP contribution >= 0.6 is 0 Å². The van der Waals surface area contributed by atoms with Gasteiger partial charge in [0, 0.05) is 13.1 Å². The van der Waals surface area contributed by atoms with E-state index in [-0.39, 0.29) is 5.91 Å². The molecule has 0 unspecified atom stereocenters. The number of hydrogen-bond acceptors (Lipinski definition) is 2. The summed E-state index contributed by atoms with van der Waals surface area (Å²) in [5.41, 5.74) is 3.53. The molecular formula is C22H25NO3. The standard InChI is InChI=1S/C22H25NO3/c1-16-6-2-3-7-18(16)15-21(24)23-12-10-17(11-13-23)14-19-8-4-5-9-20(19)22(25)26/h2-9,17H,10-15H2,1H3,(H,25,26). The van der Waals surface area contributed by atoms with Gasteiger partial charge in [0.2, 0.25) is 5.91 Å². The van der Waals surface area contributed by atoms with Crippen molar-refractivity contribution in [2.45, 2.75) is 32.6 Å². The number of amides is 1. The molecule has 0 aliphatic carbocycles. The zero-order valence-corrected chi connectivity index (χ0v) is 15.1. The van der Waals surface area contributed by atoms with E-state index in [9.17, 15) is 14.7 Å². The van der Waals surface area contributed by atoms with Gasteiger partial charge < -0.3 is 10.0 Å². The lowest BCUT2D eigenvalue weighted by Crippen LogP contribution is -2.39. The van der Waals surface area contributed by atoms with Gasteiger partial charge in [0.25, 0.3) is 0 Å². The molecule has 1 fully saturated rings. The van der Waals surface area contributed by atoms with Crippen molar-refractivity contribution in [1.29, 1.82) is 0 Å². The molecule has 136 valence electrons. The molecule has 1 amide bonds. The smallest absolute Gasteiger partial charge is 0.335 e. The number of piperidine rings is 1. The summed E-state index contributed by atoms with van der Waals surface area (Å²) in [5.74, 6) is -0.256. The third kappa shape index (κ3) is 4.31. The topological polar surface area (TPSA) is 57.6 Å². The summed E-state index contributed by atoms with van der Waals surface area (Å²) in [6.45, 7) is 3.55. The summed E-state index contributed by atoms with van der Waals surface area (Å²) in [5, 5.41) is 9.32. The number of carbonyl (C=O) groups excluding carboxylic acids is 1. The van der Waals surface area contributed by atoms with Crippen LogP contribution in [0.3, 0.4) is 0 Å². The van der Waals surface area contributed by atoms with Gasteiger partial charge in [0.05, 0.1) is 12.0 Å². The first-order chi connectivity index (χ1) is 12.5. The largest absolute Gasteiger partial charge is 0.478 e. The molecule has 4 heteroatoms. The number of hydrogen-bond donors (Lipinski definition) is 1. The fourth-order valence-electron chi connectivity index (χ4n) is 3.69. The third-order valence-electron chi connectivity index (χ3n) is 5.33. The molecule has 2 aromatic carbocycles. The Hall–Kier alpha value is -2.62. The van der Waals surface area contributed by atoms with Gasteiger partial charge in [-0.05, 0) is 54.9 Å². The monoisotopic (exact) mass is 351 g/mol. The van der Waals surface area contributed by atoms with Gasteiger partial charge in [-0.2, -0.15) is 0 Å². The molecule has 26 heavy (non-hydrogen) atoms. The van der Waals surface area contributed by atoms with Gasteiger partial charge in [-0.3, -0.25) is 4.79 Å². The summed E-state index contributed by atoms with van der Waals surface area (Å²) in [6.07, 6.45) is 3.07. The SMILES string of the molecule is Cc1ccccc1CC(=O)N1CCC(Cc2ccccc2C(=O)O)CC1. The highest BCUT2D eigenvalue weighted by Crippen LogP contribution is 2.24. The van der Waals surface area contributed by atoms with Gasteiger partial charge in [-0.15, -0.1) is 0 Å². The molecule has 0 aromatic heterocycles. The van der Waals surface area contributed by atoms with E-state index in [0.717, 1.165) is 49.0 Å². The summed E-state index contributed by atoms with van der Waals surface area (Å²) < 4.78 is 0. The number of aryl methyl sites for hydroxylation is 1. The summed E-state index contributed by atoms with van der Waals surface area (Å²) in [6, 6.07) is 15.2. The average molecular weight is 351 g/mol. The van der Waals surface area contributed by atoms with Crippen LogP contribution in [0.4, 0.5) is 0 Å². The van der Waals surface area contributed by atoms with Crippen molar-refractivity contribution in [2.24, 2.45) is 5.92 Å². The van der Waals surface area contributed by atoms with Crippen molar-refractivity contribution < 1.29 is 14.7 Å². The van der Waals surface area contributed by atoms with E-state index in [2.05, 4.69) is 0 Å². The van der Waals surface area contributed by atoms with Gasteiger partial charge >= 0.3 is 5.97 Å². The Morgan fingerprint density at radius 3 is 2.27 bits per heavy atom. The summed E-state index contributed by atoms with van der Waals surface area (Å²) >= 11 is 0. The number of nitrogens with zero attached hydrogens (tertiary/aromatic N) is 1. The zero-order valence-electron chi connectivity index (χ0n) is 15.1. The van der Waals surface area contributed by atoms with E-state index < -0.39 is 5.97 Å². The molecule has 4 nitrogen and oxygen atoms in total. The Kier molecular flexibility index (Phi) is 5.71. The van der Waals surface area contributed by atoms with Crippen molar-refractivity contribution in [1.82, 2.24) is 4.90 Å². The van der Waals surface area contributed by atoms with E-state index in [1.807, 2.05) is 48.2 Å². The minimum atomic E-state index is -0.869. The molecule has 1 aliphatic rings. The first-order valence-corrected chi connectivity index (χ1v) is 9.18. The highest BCUT2D eigenvalue weighted by Gasteiger charge is 2.24. The lowest BCUT2D eigenvalue weighted by molar-refractivity contribution is -0.131. The molecule has 0 spiro atoms. The van der Waals surface area contributed by atoms with Gasteiger partial charge in [0.15, 0.2) is 0 Å². The molecule has 0 saturated carbocycles. The first-order valence-electron chi connectivity index (χ1n) is 9.18. The van der Waals surface area contributed by atoms with Crippen molar-refractivity contribution in [3.63, 3.8) is 0 Å². The first kappa shape index (κ1) is 18.2. The number of carboxylic acid groups (broad SMARTS) is 1. The number of likely N-dealkylation sites (tertiary alicyclic amines) is 1. The second-order valence-corrected chi connectivity index (χ2v) is 7.09.